The summed E-state index contributed by atoms with van der Waals surface area (Å²) in [7, 11) is 1.15. The molecular weight excluding hydrogens is 372 g/mol. The van der Waals surface area contributed by atoms with E-state index in [-0.39, 0.29) is 34.2 Å². The number of carbonyl (C=O) groups is 4. The summed E-state index contributed by atoms with van der Waals surface area (Å²) >= 11 is 1.16. The molecule has 9 heteroatoms. The van der Waals surface area contributed by atoms with Crippen LogP contribution in [0.3, 0.4) is 0 Å². The Morgan fingerprint density at radius 3 is 2.37 bits per heavy atom. The van der Waals surface area contributed by atoms with Crippen molar-refractivity contribution in [2.45, 2.75) is 6.92 Å². The molecule has 1 aromatic rings. The maximum atomic E-state index is 12.7. The van der Waals surface area contributed by atoms with Gasteiger partial charge in [0.25, 0.3) is 11.8 Å². The van der Waals surface area contributed by atoms with Gasteiger partial charge < -0.3 is 14.8 Å². The normalized spacial score (nSPS) is 17.7. The van der Waals surface area contributed by atoms with E-state index >= 15 is 0 Å². The summed E-state index contributed by atoms with van der Waals surface area (Å²) in [5.74, 6) is -2.37. The molecule has 0 aromatic heterocycles. The number of fused-ring (bicyclic) bond motifs is 1. The number of amides is 2. The van der Waals surface area contributed by atoms with E-state index in [2.05, 4.69) is 5.32 Å². The molecule has 0 atom stereocenters. The molecule has 0 saturated carbocycles. The van der Waals surface area contributed by atoms with Crippen LogP contribution in [0.25, 0.3) is 0 Å². The van der Waals surface area contributed by atoms with Gasteiger partial charge >= 0.3 is 11.9 Å². The van der Waals surface area contributed by atoms with Crippen LogP contribution in [0.1, 0.15) is 27.6 Å². The molecule has 1 aromatic carbocycles. The zero-order chi connectivity index (χ0) is 19.6. The van der Waals surface area contributed by atoms with Crippen LogP contribution >= 0.6 is 11.8 Å². The van der Waals surface area contributed by atoms with E-state index in [1.165, 1.54) is 12.1 Å². The molecular formula is C18H16N2O6S. The summed E-state index contributed by atoms with van der Waals surface area (Å²) in [6.07, 6.45) is 1.60. The number of benzene rings is 1. The lowest BCUT2D eigenvalue weighted by Gasteiger charge is -2.23. The fourth-order valence-electron chi connectivity index (χ4n) is 2.66. The second kappa shape index (κ2) is 7.67. The maximum absolute atomic E-state index is 12.7. The third kappa shape index (κ3) is 3.33. The Bertz CT molecular complexity index is 870. The van der Waals surface area contributed by atoms with Crippen LogP contribution in [0.2, 0.25) is 0 Å². The van der Waals surface area contributed by atoms with Crippen molar-refractivity contribution in [3.8, 4) is 0 Å². The van der Waals surface area contributed by atoms with E-state index in [1.54, 1.807) is 25.1 Å². The molecule has 2 heterocycles. The Hall–Kier alpha value is -3.07. The van der Waals surface area contributed by atoms with Crippen LogP contribution in [0.5, 0.6) is 0 Å². The fourth-order valence-corrected chi connectivity index (χ4v) is 3.57. The van der Waals surface area contributed by atoms with Gasteiger partial charge in [-0.1, -0.05) is 12.1 Å². The first-order valence-electron chi connectivity index (χ1n) is 8.07. The molecule has 2 aliphatic rings. The summed E-state index contributed by atoms with van der Waals surface area (Å²) in [5.41, 5.74) is 0.269. The third-order valence-corrected chi connectivity index (χ3v) is 4.79. The highest BCUT2D eigenvalue weighted by molar-refractivity contribution is 8.03. The van der Waals surface area contributed by atoms with Crippen LogP contribution in [0, 0.1) is 0 Å². The molecule has 2 amide bonds. The molecule has 27 heavy (non-hydrogen) atoms. The van der Waals surface area contributed by atoms with Crippen LogP contribution in [0.15, 0.2) is 46.8 Å². The number of hydrogen-bond donors (Lipinski definition) is 1. The number of hydrogen-bond acceptors (Lipinski definition) is 8. The van der Waals surface area contributed by atoms with Gasteiger partial charge in [0.2, 0.25) is 0 Å². The summed E-state index contributed by atoms with van der Waals surface area (Å²) in [5, 5.41) is 2.95. The standard InChI is InChI=1S/C18H16N2O6S/c1-3-26-17(23)12-8-9-27-14(19-12)13(18(24)25-2)20-15(21)10-6-4-5-7-11(10)16(20)22/h4-8,19H,3,9H2,1-2H3/b14-13-. The van der Waals surface area contributed by atoms with Gasteiger partial charge in [0.15, 0.2) is 5.70 Å². The lowest BCUT2D eigenvalue weighted by atomic mass is 10.1. The number of esters is 2. The Morgan fingerprint density at radius 1 is 1.19 bits per heavy atom. The highest BCUT2D eigenvalue weighted by Crippen LogP contribution is 2.32. The average Bonchev–Trinajstić information content (AvgIpc) is 2.94. The van der Waals surface area contributed by atoms with Crippen molar-refractivity contribution in [1.82, 2.24) is 10.2 Å². The minimum absolute atomic E-state index is 0.128. The summed E-state index contributed by atoms with van der Waals surface area (Å²) < 4.78 is 9.73. The van der Waals surface area contributed by atoms with Crippen molar-refractivity contribution in [2.75, 3.05) is 19.5 Å². The third-order valence-electron chi connectivity index (χ3n) is 3.87. The second-order valence-electron chi connectivity index (χ2n) is 5.43. The minimum atomic E-state index is -0.871. The van der Waals surface area contributed by atoms with Gasteiger partial charge in [-0.15, -0.1) is 11.8 Å². The van der Waals surface area contributed by atoms with E-state index in [4.69, 9.17) is 9.47 Å². The van der Waals surface area contributed by atoms with Crippen molar-refractivity contribution in [3.05, 3.63) is 57.9 Å². The summed E-state index contributed by atoms with van der Waals surface area (Å²) in [6.45, 7) is 1.86. The predicted molar refractivity (Wildman–Crippen MR) is 96.3 cm³/mol. The van der Waals surface area contributed by atoms with Crippen molar-refractivity contribution in [3.63, 3.8) is 0 Å². The molecule has 140 valence electrons. The molecule has 2 aliphatic heterocycles. The first-order valence-corrected chi connectivity index (χ1v) is 9.05. The number of imide groups is 1. The molecule has 0 unspecified atom stereocenters. The van der Waals surface area contributed by atoms with E-state index in [0.717, 1.165) is 23.8 Å². The number of thioether (sulfide) groups is 1. The summed E-state index contributed by atoms with van der Waals surface area (Å²) in [4.78, 5) is 50.7. The van der Waals surface area contributed by atoms with Crippen molar-refractivity contribution in [1.29, 1.82) is 0 Å². The lowest BCUT2D eigenvalue weighted by molar-refractivity contribution is -0.139. The van der Waals surface area contributed by atoms with Crippen molar-refractivity contribution >= 4 is 35.5 Å². The highest BCUT2D eigenvalue weighted by Gasteiger charge is 2.42. The predicted octanol–water partition coefficient (Wildman–Crippen LogP) is 1.41. The van der Waals surface area contributed by atoms with E-state index in [1.807, 2.05) is 0 Å². The van der Waals surface area contributed by atoms with Gasteiger partial charge in [-0.2, -0.15) is 0 Å². The molecule has 0 saturated heterocycles. The Morgan fingerprint density at radius 2 is 1.81 bits per heavy atom. The molecule has 0 radical (unpaired) electrons. The molecule has 0 fully saturated rings. The smallest absolute Gasteiger partial charge is 0.358 e. The van der Waals surface area contributed by atoms with Crippen LogP contribution in [-0.4, -0.2) is 48.1 Å². The van der Waals surface area contributed by atoms with Gasteiger partial charge in [-0.3, -0.25) is 9.59 Å². The monoisotopic (exact) mass is 388 g/mol. The largest absolute Gasteiger partial charge is 0.464 e. The van der Waals surface area contributed by atoms with E-state index < -0.39 is 23.8 Å². The minimum Gasteiger partial charge on any atom is -0.464 e. The van der Waals surface area contributed by atoms with Gasteiger partial charge in [-0.25, -0.2) is 14.5 Å². The zero-order valence-electron chi connectivity index (χ0n) is 14.6. The van der Waals surface area contributed by atoms with Crippen molar-refractivity contribution in [2.24, 2.45) is 0 Å². The van der Waals surface area contributed by atoms with E-state index in [0.29, 0.717) is 5.75 Å². The van der Waals surface area contributed by atoms with Crippen LogP contribution in [0.4, 0.5) is 0 Å². The molecule has 0 spiro atoms. The zero-order valence-corrected chi connectivity index (χ0v) is 15.4. The van der Waals surface area contributed by atoms with Gasteiger partial charge in [0.1, 0.15) is 10.7 Å². The number of ether oxygens (including phenoxy) is 2. The number of nitrogens with zero attached hydrogens (tertiary/aromatic N) is 1. The maximum Gasteiger partial charge on any atom is 0.358 e. The average molecular weight is 388 g/mol. The summed E-state index contributed by atoms with van der Waals surface area (Å²) in [6, 6.07) is 6.29. The first-order chi connectivity index (χ1) is 13.0. The molecule has 0 bridgehead atoms. The number of carbonyl (C=O) groups excluding carboxylic acids is 4. The Labute approximate surface area is 159 Å². The molecule has 8 nitrogen and oxygen atoms in total. The highest BCUT2D eigenvalue weighted by atomic mass is 32.2. The quantitative estimate of drug-likeness (QED) is 0.469. The SMILES string of the molecule is CCOC(=O)C1=CCS/C(=C(/C(=O)OC)N2C(=O)c3ccccc3C2=O)N1. The van der Waals surface area contributed by atoms with Crippen molar-refractivity contribution < 1.29 is 28.7 Å². The number of rotatable bonds is 4. The molecule has 1 N–H and O–H groups in total. The Balaban J connectivity index is 2.04. The van der Waals surface area contributed by atoms with Gasteiger partial charge in [-0.05, 0) is 25.1 Å². The van der Waals surface area contributed by atoms with Crippen LogP contribution in [-0.2, 0) is 19.1 Å². The topological polar surface area (TPSA) is 102 Å². The molecule has 3 rings (SSSR count). The number of nitrogens with one attached hydrogen (secondary N) is 1. The Kier molecular flexibility index (Phi) is 5.31. The number of methoxy groups -OCH3 is 1. The van der Waals surface area contributed by atoms with Gasteiger partial charge in [0.05, 0.1) is 24.8 Å². The van der Waals surface area contributed by atoms with E-state index in [9.17, 15) is 19.2 Å². The van der Waals surface area contributed by atoms with Gasteiger partial charge in [0, 0.05) is 5.75 Å². The first kappa shape index (κ1) is 18.7. The lowest BCUT2D eigenvalue weighted by Crippen LogP contribution is -2.37. The fraction of sp³-hybridized carbons (Fsp3) is 0.222. The second-order valence-corrected chi connectivity index (χ2v) is 6.47. The van der Waals surface area contributed by atoms with Crippen LogP contribution < -0.4 is 5.32 Å². The molecule has 0 aliphatic carbocycles.